The van der Waals surface area contributed by atoms with E-state index < -0.39 is 12.5 Å². The summed E-state index contributed by atoms with van der Waals surface area (Å²) < 4.78 is 34.7. The first-order valence-corrected chi connectivity index (χ1v) is 7.87. The maximum absolute atomic E-state index is 12.6. The Morgan fingerprint density at radius 1 is 1.07 bits per heavy atom. The second-order valence-electron chi connectivity index (χ2n) is 5.34. The zero-order valence-electron chi connectivity index (χ0n) is 14.7. The molecule has 0 aliphatic carbocycles. The van der Waals surface area contributed by atoms with Gasteiger partial charge in [-0.3, -0.25) is 9.59 Å². The van der Waals surface area contributed by atoms with Crippen LogP contribution >= 0.6 is 0 Å². The third-order valence-corrected chi connectivity index (χ3v) is 3.30. The van der Waals surface area contributed by atoms with Crippen molar-refractivity contribution in [1.29, 1.82) is 0 Å². The lowest BCUT2D eigenvalue weighted by atomic mass is 10.1. The van der Waals surface area contributed by atoms with Crippen LogP contribution in [0.25, 0.3) is 6.08 Å². The highest BCUT2D eigenvalue weighted by atomic mass is 19.3. The number of alkyl halides is 2. The average Bonchev–Trinajstić information content (AvgIpc) is 2.60. The number of amides is 2. The summed E-state index contributed by atoms with van der Waals surface area (Å²) in [7, 11) is 1.33. The number of benzene rings is 2. The van der Waals surface area contributed by atoms with Crippen LogP contribution in [0.2, 0.25) is 0 Å². The van der Waals surface area contributed by atoms with E-state index in [2.05, 4.69) is 15.4 Å². The maximum atomic E-state index is 12.6. The summed E-state index contributed by atoms with van der Waals surface area (Å²) in [5.74, 6) is -0.753. The maximum Gasteiger partial charge on any atom is 0.387 e. The first kappa shape index (κ1) is 19.9. The average molecular weight is 376 g/mol. The van der Waals surface area contributed by atoms with Gasteiger partial charge in [0.1, 0.15) is 0 Å². The number of hydrogen-bond donors (Lipinski definition) is 2. The minimum absolute atomic E-state index is 0.126. The number of anilines is 2. The number of ether oxygens (including phenoxy) is 2. The summed E-state index contributed by atoms with van der Waals surface area (Å²) in [6.45, 7) is -1.65. The van der Waals surface area contributed by atoms with Gasteiger partial charge in [-0.1, -0.05) is 18.2 Å². The van der Waals surface area contributed by atoms with E-state index in [1.54, 1.807) is 30.3 Å². The summed E-state index contributed by atoms with van der Waals surface area (Å²) in [4.78, 5) is 23.2. The van der Waals surface area contributed by atoms with Crippen LogP contribution < -0.4 is 20.1 Å². The van der Waals surface area contributed by atoms with Gasteiger partial charge in [-0.05, 0) is 30.3 Å². The first-order valence-electron chi connectivity index (χ1n) is 7.87. The van der Waals surface area contributed by atoms with Crippen LogP contribution in [0.1, 0.15) is 12.5 Å². The molecule has 2 N–H and O–H groups in total. The Labute approximate surface area is 154 Å². The highest BCUT2D eigenvalue weighted by Gasteiger charge is 2.14. The van der Waals surface area contributed by atoms with Gasteiger partial charge in [0, 0.05) is 29.9 Å². The van der Waals surface area contributed by atoms with Crippen molar-refractivity contribution in [3.63, 3.8) is 0 Å². The van der Waals surface area contributed by atoms with Crippen LogP contribution in [-0.2, 0) is 9.59 Å². The number of methoxy groups -OCH3 is 1. The summed E-state index contributed by atoms with van der Waals surface area (Å²) >= 11 is 0. The SMILES string of the molecule is COc1cccc(/C=C/C(=O)Nc2cccc(NC(C)=O)c2)c1OC(F)F. The van der Waals surface area contributed by atoms with Crippen LogP contribution in [0.4, 0.5) is 20.2 Å². The largest absolute Gasteiger partial charge is 0.493 e. The number of nitrogens with one attached hydrogen (secondary N) is 2. The van der Waals surface area contributed by atoms with Crippen molar-refractivity contribution in [3.8, 4) is 11.5 Å². The van der Waals surface area contributed by atoms with Crippen LogP contribution in [-0.4, -0.2) is 25.5 Å². The molecule has 6 nitrogen and oxygen atoms in total. The third-order valence-electron chi connectivity index (χ3n) is 3.30. The summed E-state index contributed by atoms with van der Waals surface area (Å²) in [5, 5.41) is 5.22. The predicted molar refractivity (Wildman–Crippen MR) is 98.0 cm³/mol. The van der Waals surface area contributed by atoms with Crippen molar-refractivity contribution in [3.05, 3.63) is 54.1 Å². The molecule has 0 radical (unpaired) electrons. The molecule has 0 aliphatic heterocycles. The first-order chi connectivity index (χ1) is 12.9. The fourth-order valence-electron chi connectivity index (χ4n) is 2.27. The molecule has 2 amide bonds. The Morgan fingerprint density at radius 2 is 1.74 bits per heavy atom. The fourth-order valence-corrected chi connectivity index (χ4v) is 2.27. The highest BCUT2D eigenvalue weighted by molar-refractivity contribution is 6.02. The van der Waals surface area contributed by atoms with Crippen LogP contribution in [0.5, 0.6) is 11.5 Å². The van der Waals surface area contributed by atoms with Gasteiger partial charge >= 0.3 is 6.61 Å². The Bertz CT molecular complexity index is 853. The number of para-hydroxylation sites is 1. The lowest BCUT2D eigenvalue weighted by molar-refractivity contribution is -0.114. The molecule has 0 spiro atoms. The molecule has 0 atom stereocenters. The van der Waals surface area contributed by atoms with Gasteiger partial charge in [-0.2, -0.15) is 8.78 Å². The van der Waals surface area contributed by atoms with E-state index in [9.17, 15) is 18.4 Å². The molecule has 142 valence electrons. The van der Waals surface area contributed by atoms with Crippen LogP contribution in [0.3, 0.4) is 0 Å². The number of halogens is 2. The zero-order valence-corrected chi connectivity index (χ0v) is 14.7. The molecular formula is C19H18F2N2O4. The van der Waals surface area contributed by atoms with Crippen LogP contribution in [0, 0.1) is 0 Å². The Kier molecular flexibility index (Phi) is 6.87. The molecule has 0 heterocycles. The monoisotopic (exact) mass is 376 g/mol. The highest BCUT2D eigenvalue weighted by Crippen LogP contribution is 2.33. The van der Waals surface area contributed by atoms with Crippen molar-refractivity contribution in [2.75, 3.05) is 17.7 Å². The molecule has 27 heavy (non-hydrogen) atoms. The number of hydrogen-bond acceptors (Lipinski definition) is 4. The van der Waals surface area contributed by atoms with E-state index in [1.807, 2.05) is 0 Å². The van der Waals surface area contributed by atoms with E-state index in [0.717, 1.165) is 0 Å². The Balaban J connectivity index is 2.14. The summed E-state index contributed by atoms with van der Waals surface area (Å²) in [5.41, 5.74) is 1.26. The van der Waals surface area contributed by atoms with Gasteiger partial charge in [0.15, 0.2) is 11.5 Å². The quantitative estimate of drug-likeness (QED) is 0.719. The molecule has 0 fully saturated rings. The number of carbonyl (C=O) groups excluding carboxylic acids is 2. The van der Waals surface area contributed by atoms with Gasteiger partial charge in [0.25, 0.3) is 0 Å². The summed E-state index contributed by atoms with van der Waals surface area (Å²) in [6.07, 6.45) is 2.52. The molecule has 8 heteroatoms. The van der Waals surface area contributed by atoms with E-state index in [0.29, 0.717) is 11.4 Å². The molecule has 0 aromatic heterocycles. The standard InChI is InChI=1S/C19H18F2N2O4/c1-12(24)22-14-6-4-7-15(11-14)23-17(25)10-9-13-5-3-8-16(26-2)18(13)27-19(20)21/h3-11,19H,1-2H3,(H,22,24)(H,23,25)/b10-9+. The van der Waals surface area contributed by atoms with Gasteiger partial charge in [0.05, 0.1) is 7.11 Å². The van der Waals surface area contributed by atoms with Gasteiger partial charge in [0.2, 0.25) is 11.8 Å². The van der Waals surface area contributed by atoms with Crippen molar-refractivity contribution in [2.45, 2.75) is 13.5 Å². The Morgan fingerprint density at radius 3 is 2.37 bits per heavy atom. The molecule has 2 rings (SSSR count). The van der Waals surface area contributed by atoms with Crippen molar-refractivity contribution < 1.29 is 27.8 Å². The summed E-state index contributed by atoms with van der Waals surface area (Å²) in [6, 6.07) is 11.2. The van der Waals surface area contributed by atoms with Crippen molar-refractivity contribution >= 4 is 29.3 Å². The van der Waals surface area contributed by atoms with Gasteiger partial charge < -0.3 is 20.1 Å². The van der Waals surface area contributed by atoms with Gasteiger partial charge in [-0.15, -0.1) is 0 Å². The van der Waals surface area contributed by atoms with Crippen molar-refractivity contribution in [1.82, 2.24) is 0 Å². The smallest absolute Gasteiger partial charge is 0.387 e. The molecule has 0 bridgehead atoms. The predicted octanol–water partition coefficient (Wildman–Crippen LogP) is 3.91. The number of rotatable bonds is 7. The van der Waals surface area contributed by atoms with E-state index in [-0.39, 0.29) is 23.0 Å². The minimum Gasteiger partial charge on any atom is -0.493 e. The minimum atomic E-state index is -3.03. The third kappa shape index (κ3) is 6.10. The van der Waals surface area contributed by atoms with E-state index >= 15 is 0 Å². The molecular weight excluding hydrogens is 358 g/mol. The lowest BCUT2D eigenvalue weighted by Gasteiger charge is -2.12. The molecule has 0 saturated heterocycles. The zero-order chi connectivity index (χ0) is 19.8. The van der Waals surface area contributed by atoms with E-state index in [1.165, 1.54) is 38.3 Å². The van der Waals surface area contributed by atoms with E-state index in [4.69, 9.17) is 4.74 Å². The Hall–Kier alpha value is -3.42. The lowest BCUT2D eigenvalue weighted by Crippen LogP contribution is -2.09. The molecule has 2 aromatic rings. The second kappa shape index (κ2) is 9.33. The van der Waals surface area contributed by atoms with Crippen LogP contribution in [0.15, 0.2) is 48.5 Å². The normalized spacial score (nSPS) is 10.7. The van der Waals surface area contributed by atoms with Gasteiger partial charge in [-0.25, -0.2) is 0 Å². The van der Waals surface area contributed by atoms with Crippen molar-refractivity contribution in [2.24, 2.45) is 0 Å². The number of carbonyl (C=O) groups is 2. The topological polar surface area (TPSA) is 76.7 Å². The molecule has 0 unspecified atom stereocenters. The fraction of sp³-hybridized carbons (Fsp3) is 0.158. The molecule has 2 aromatic carbocycles. The molecule has 0 saturated carbocycles. The second-order valence-corrected chi connectivity index (χ2v) is 5.34. The molecule has 0 aliphatic rings.